The maximum Gasteiger partial charge on any atom is 0.258 e. The van der Waals surface area contributed by atoms with Crippen LogP contribution in [0, 0.1) is 11.6 Å². The highest BCUT2D eigenvalue weighted by molar-refractivity contribution is 6.06. The Kier molecular flexibility index (Phi) is 3.46. The first-order valence-electron chi connectivity index (χ1n) is 5.58. The first-order valence-corrected chi connectivity index (χ1v) is 5.58. The Bertz CT molecular complexity index is 629. The summed E-state index contributed by atoms with van der Waals surface area (Å²) >= 11 is 0. The number of hydrogen-bond acceptors (Lipinski definition) is 2. The fourth-order valence-electron chi connectivity index (χ4n) is 1.70. The van der Waals surface area contributed by atoms with Gasteiger partial charge < -0.3 is 10.6 Å². The predicted molar refractivity (Wildman–Crippen MR) is 69.9 cm³/mol. The summed E-state index contributed by atoms with van der Waals surface area (Å²) in [7, 11) is 1.44. The molecule has 0 aliphatic carbocycles. The van der Waals surface area contributed by atoms with Gasteiger partial charge in [-0.15, -0.1) is 0 Å². The van der Waals surface area contributed by atoms with Crippen molar-refractivity contribution in [2.75, 3.05) is 17.7 Å². The largest absolute Gasteiger partial charge is 0.396 e. The van der Waals surface area contributed by atoms with Gasteiger partial charge >= 0.3 is 0 Å². The number of para-hydroxylation sites is 1. The smallest absolute Gasteiger partial charge is 0.258 e. The summed E-state index contributed by atoms with van der Waals surface area (Å²) in [4.78, 5) is 13.3. The van der Waals surface area contributed by atoms with E-state index in [2.05, 4.69) is 0 Å². The maximum absolute atomic E-state index is 13.6. The van der Waals surface area contributed by atoms with Gasteiger partial charge in [-0.1, -0.05) is 12.1 Å². The van der Waals surface area contributed by atoms with Crippen molar-refractivity contribution in [1.82, 2.24) is 0 Å². The zero-order valence-electron chi connectivity index (χ0n) is 10.2. The molecule has 0 atom stereocenters. The molecule has 0 radical (unpaired) electrons. The molecule has 98 valence electrons. The van der Waals surface area contributed by atoms with Crippen molar-refractivity contribution < 1.29 is 13.6 Å². The van der Waals surface area contributed by atoms with E-state index in [1.165, 1.54) is 37.4 Å². The lowest BCUT2D eigenvalue weighted by Crippen LogP contribution is -2.27. The second-order valence-electron chi connectivity index (χ2n) is 4.05. The van der Waals surface area contributed by atoms with Gasteiger partial charge in [0.25, 0.3) is 5.91 Å². The van der Waals surface area contributed by atoms with Gasteiger partial charge in [0, 0.05) is 12.6 Å². The second kappa shape index (κ2) is 5.06. The monoisotopic (exact) mass is 262 g/mol. The Labute approximate surface area is 109 Å². The van der Waals surface area contributed by atoms with Crippen molar-refractivity contribution in [2.45, 2.75) is 0 Å². The molecule has 2 rings (SSSR count). The third-order valence-electron chi connectivity index (χ3n) is 2.76. The summed E-state index contributed by atoms with van der Waals surface area (Å²) in [5, 5.41) is 0. The van der Waals surface area contributed by atoms with Gasteiger partial charge in [0.15, 0.2) is 0 Å². The lowest BCUT2D eigenvalue weighted by atomic mass is 10.1. The molecular weight excluding hydrogens is 250 g/mol. The highest BCUT2D eigenvalue weighted by Crippen LogP contribution is 2.20. The molecule has 0 aliphatic heterocycles. The van der Waals surface area contributed by atoms with E-state index in [9.17, 15) is 13.6 Å². The van der Waals surface area contributed by atoms with Gasteiger partial charge in [0.05, 0.1) is 11.4 Å². The fraction of sp³-hybridized carbons (Fsp3) is 0.0714. The molecule has 0 heterocycles. The van der Waals surface area contributed by atoms with E-state index in [1.807, 2.05) is 0 Å². The molecule has 2 aromatic carbocycles. The molecule has 0 bridgehead atoms. The standard InChI is InChI=1S/C14H12F2N2O/c1-18(13-5-3-2-4-11(13)16)14(19)9-6-7-10(15)12(17)8-9/h2-8H,17H2,1H3. The van der Waals surface area contributed by atoms with Gasteiger partial charge in [0.2, 0.25) is 0 Å². The molecule has 0 aromatic heterocycles. The zero-order valence-corrected chi connectivity index (χ0v) is 10.2. The van der Waals surface area contributed by atoms with Crippen LogP contribution in [0.5, 0.6) is 0 Å². The minimum absolute atomic E-state index is 0.118. The number of benzene rings is 2. The van der Waals surface area contributed by atoms with Crippen LogP contribution in [0.2, 0.25) is 0 Å². The topological polar surface area (TPSA) is 46.3 Å². The number of hydrogen-bond donors (Lipinski definition) is 1. The Morgan fingerprint density at radius 1 is 1.11 bits per heavy atom. The number of nitrogens with two attached hydrogens (primary N) is 1. The van der Waals surface area contributed by atoms with Gasteiger partial charge in [-0.05, 0) is 30.3 Å². The average molecular weight is 262 g/mol. The lowest BCUT2D eigenvalue weighted by Gasteiger charge is -2.18. The van der Waals surface area contributed by atoms with Crippen LogP contribution in [-0.2, 0) is 0 Å². The first-order chi connectivity index (χ1) is 9.00. The number of carbonyl (C=O) groups excluding carboxylic acids is 1. The Hall–Kier alpha value is -2.43. The summed E-state index contributed by atoms with van der Waals surface area (Å²) in [6, 6.07) is 9.56. The molecule has 5 heteroatoms. The highest BCUT2D eigenvalue weighted by Gasteiger charge is 2.17. The molecule has 0 saturated heterocycles. The van der Waals surface area contributed by atoms with Crippen molar-refractivity contribution in [3.05, 3.63) is 59.7 Å². The van der Waals surface area contributed by atoms with Crippen LogP contribution in [0.25, 0.3) is 0 Å². The minimum Gasteiger partial charge on any atom is -0.396 e. The van der Waals surface area contributed by atoms with Crippen LogP contribution in [0.1, 0.15) is 10.4 Å². The average Bonchev–Trinajstić information content (AvgIpc) is 2.41. The van der Waals surface area contributed by atoms with Crippen molar-refractivity contribution in [1.29, 1.82) is 0 Å². The van der Waals surface area contributed by atoms with Gasteiger partial charge in [0.1, 0.15) is 11.6 Å². The molecule has 2 N–H and O–H groups in total. The Morgan fingerprint density at radius 3 is 2.42 bits per heavy atom. The molecule has 0 fully saturated rings. The van der Waals surface area contributed by atoms with Crippen molar-refractivity contribution in [3.8, 4) is 0 Å². The van der Waals surface area contributed by atoms with Gasteiger partial charge in [-0.2, -0.15) is 0 Å². The maximum atomic E-state index is 13.6. The van der Waals surface area contributed by atoms with Crippen LogP contribution in [0.3, 0.4) is 0 Å². The van der Waals surface area contributed by atoms with Crippen LogP contribution in [0.4, 0.5) is 20.2 Å². The quantitative estimate of drug-likeness (QED) is 0.846. The zero-order chi connectivity index (χ0) is 14.0. The Morgan fingerprint density at radius 2 is 1.79 bits per heavy atom. The van der Waals surface area contributed by atoms with Gasteiger partial charge in [-0.3, -0.25) is 4.79 Å². The fourth-order valence-corrected chi connectivity index (χ4v) is 1.70. The second-order valence-corrected chi connectivity index (χ2v) is 4.05. The van der Waals surface area contributed by atoms with Crippen LogP contribution in [-0.4, -0.2) is 13.0 Å². The van der Waals surface area contributed by atoms with Crippen LogP contribution in [0.15, 0.2) is 42.5 Å². The molecule has 0 aliphatic rings. The molecule has 2 aromatic rings. The van der Waals surface area contributed by atoms with Crippen LogP contribution >= 0.6 is 0 Å². The molecule has 0 saturated carbocycles. The summed E-state index contributed by atoms with van der Waals surface area (Å²) < 4.78 is 26.6. The van der Waals surface area contributed by atoms with E-state index in [0.717, 1.165) is 11.0 Å². The normalized spacial score (nSPS) is 10.3. The summed E-state index contributed by atoms with van der Waals surface area (Å²) in [5.41, 5.74) is 5.64. The van der Waals surface area contributed by atoms with Crippen molar-refractivity contribution >= 4 is 17.3 Å². The number of halogens is 2. The molecule has 19 heavy (non-hydrogen) atoms. The number of anilines is 2. The minimum atomic E-state index is -0.593. The molecular formula is C14H12F2N2O. The predicted octanol–water partition coefficient (Wildman–Crippen LogP) is 2.82. The van der Waals surface area contributed by atoms with Crippen molar-refractivity contribution in [2.24, 2.45) is 0 Å². The number of amides is 1. The first kappa shape index (κ1) is 13.0. The van der Waals surface area contributed by atoms with Crippen molar-refractivity contribution in [3.63, 3.8) is 0 Å². The van der Waals surface area contributed by atoms with E-state index in [1.54, 1.807) is 6.07 Å². The molecule has 3 nitrogen and oxygen atoms in total. The van der Waals surface area contributed by atoms with Gasteiger partial charge in [-0.25, -0.2) is 8.78 Å². The summed E-state index contributed by atoms with van der Waals surface area (Å²) in [6.07, 6.45) is 0. The van der Waals surface area contributed by atoms with E-state index in [-0.39, 0.29) is 16.9 Å². The third-order valence-corrected chi connectivity index (χ3v) is 2.76. The highest BCUT2D eigenvalue weighted by atomic mass is 19.1. The molecule has 0 unspecified atom stereocenters. The number of nitrogens with zero attached hydrogens (tertiary/aromatic N) is 1. The number of rotatable bonds is 2. The van der Waals surface area contributed by atoms with E-state index >= 15 is 0 Å². The molecule has 1 amide bonds. The van der Waals surface area contributed by atoms with Crippen LogP contribution < -0.4 is 10.6 Å². The summed E-state index contributed by atoms with van der Waals surface area (Å²) in [6.45, 7) is 0. The Balaban J connectivity index is 2.34. The third kappa shape index (κ3) is 2.54. The molecule has 0 spiro atoms. The number of nitrogen functional groups attached to an aromatic ring is 1. The lowest BCUT2D eigenvalue weighted by molar-refractivity contribution is 0.0992. The van der Waals surface area contributed by atoms with E-state index in [0.29, 0.717) is 0 Å². The number of carbonyl (C=O) groups is 1. The SMILES string of the molecule is CN(C(=O)c1ccc(F)c(N)c1)c1ccccc1F. The summed E-state index contributed by atoms with van der Waals surface area (Å²) in [5.74, 6) is -1.56. The van der Waals surface area contributed by atoms with E-state index in [4.69, 9.17) is 5.73 Å². The van der Waals surface area contributed by atoms with E-state index < -0.39 is 17.5 Å².